The Bertz CT molecular complexity index is 619. The lowest BCUT2D eigenvalue weighted by atomic mass is 10.1. The van der Waals surface area contributed by atoms with Gasteiger partial charge in [-0.1, -0.05) is 19.3 Å². The monoisotopic (exact) mass is 319 g/mol. The standard InChI is InChI=1S/C16H21N3O4/c20-15(21)8-4-2-1-3-5-9-17-16(22)13-11-12(18-19-13)14-7-6-10-23-14/h6-7,10-11H,1-5,8-9H2,(H,17,22)(H,18,19)(H,20,21). The van der Waals surface area contributed by atoms with E-state index in [2.05, 4.69) is 15.5 Å². The van der Waals surface area contributed by atoms with Gasteiger partial charge in [0.25, 0.3) is 5.91 Å². The zero-order valence-corrected chi connectivity index (χ0v) is 12.9. The Morgan fingerprint density at radius 1 is 1.22 bits per heavy atom. The van der Waals surface area contributed by atoms with E-state index in [4.69, 9.17) is 9.52 Å². The van der Waals surface area contributed by atoms with Crippen molar-refractivity contribution < 1.29 is 19.1 Å². The number of nitrogens with one attached hydrogen (secondary N) is 2. The molecule has 0 aliphatic heterocycles. The highest BCUT2D eigenvalue weighted by Crippen LogP contribution is 2.17. The topological polar surface area (TPSA) is 108 Å². The second-order valence-electron chi connectivity index (χ2n) is 5.31. The van der Waals surface area contributed by atoms with E-state index >= 15 is 0 Å². The summed E-state index contributed by atoms with van der Waals surface area (Å²) in [5, 5.41) is 18.1. The van der Waals surface area contributed by atoms with Crippen molar-refractivity contribution in [2.45, 2.75) is 38.5 Å². The summed E-state index contributed by atoms with van der Waals surface area (Å²) < 4.78 is 5.23. The van der Waals surface area contributed by atoms with Gasteiger partial charge in [-0.15, -0.1) is 0 Å². The van der Waals surface area contributed by atoms with Crippen LogP contribution in [0.4, 0.5) is 0 Å². The molecule has 3 N–H and O–H groups in total. The van der Waals surface area contributed by atoms with Crippen LogP contribution in [0.15, 0.2) is 28.9 Å². The molecule has 0 aromatic carbocycles. The number of H-pyrrole nitrogens is 1. The Hall–Kier alpha value is -2.57. The number of aliphatic carboxylic acids is 1. The fourth-order valence-corrected chi connectivity index (χ4v) is 2.22. The summed E-state index contributed by atoms with van der Waals surface area (Å²) in [6, 6.07) is 5.21. The minimum atomic E-state index is -0.745. The van der Waals surface area contributed by atoms with Crippen molar-refractivity contribution in [1.29, 1.82) is 0 Å². The lowest BCUT2D eigenvalue weighted by molar-refractivity contribution is -0.137. The van der Waals surface area contributed by atoms with Crippen molar-refractivity contribution in [3.05, 3.63) is 30.2 Å². The summed E-state index contributed by atoms with van der Waals surface area (Å²) in [7, 11) is 0. The minimum Gasteiger partial charge on any atom is -0.481 e. The van der Waals surface area contributed by atoms with Crippen molar-refractivity contribution >= 4 is 11.9 Å². The number of hydrogen-bond donors (Lipinski definition) is 3. The maximum absolute atomic E-state index is 11.9. The van der Waals surface area contributed by atoms with Gasteiger partial charge in [-0.05, 0) is 25.0 Å². The number of furan rings is 1. The number of carbonyl (C=O) groups is 2. The number of carboxylic acids is 1. The zero-order valence-electron chi connectivity index (χ0n) is 12.9. The molecule has 0 radical (unpaired) electrons. The highest BCUT2D eigenvalue weighted by Gasteiger charge is 2.11. The fraction of sp³-hybridized carbons (Fsp3) is 0.438. The molecule has 1 amide bonds. The molecule has 2 rings (SSSR count). The molecule has 0 spiro atoms. The van der Waals surface area contributed by atoms with Gasteiger partial charge in [-0.3, -0.25) is 14.7 Å². The second kappa shape index (κ2) is 8.77. The molecule has 7 nitrogen and oxygen atoms in total. The molecule has 2 heterocycles. The van der Waals surface area contributed by atoms with Crippen molar-refractivity contribution in [2.24, 2.45) is 0 Å². The van der Waals surface area contributed by atoms with Gasteiger partial charge in [-0.25, -0.2) is 0 Å². The normalized spacial score (nSPS) is 10.6. The molecule has 124 valence electrons. The highest BCUT2D eigenvalue weighted by molar-refractivity contribution is 5.93. The largest absolute Gasteiger partial charge is 0.481 e. The van der Waals surface area contributed by atoms with Crippen LogP contribution < -0.4 is 5.32 Å². The van der Waals surface area contributed by atoms with E-state index in [0.717, 1.165) is 25.7 Å². The van der Waals surface area contributed by atoms with E-state index in [1.165, 1.54) is 0 Å². The number of hydrogen-bond acceptors (Lipinski definition) is 4. The van der Waals surface area contributed by atoms with Gasteiger partial charge in [0.2, 0.25) is 0 Å². The van der Waals surface area contributed by atoms with Crippen molar-refractivity contribution in [1.82, 2.24) is 15.5 Å². The van der Waals surface area contributed by atoms with E-state index in [1.807, 2.05) is 0 Å². The number of nitrogens with zero attached hydrogens (tertiary/aromatic N) is 1. The first-order valence-corrected chi connectivity index (χ1v) is 7.76. The van der Waals surface area contributed by atoms with Gasteiger partial charge in [0.15, 0.2) is 11.5 Å². The van der Waals surface area contributed by atoms with Crippen LogP contribution in [0.3, 0.4) is 0 Å². The molecule has 23 heavy (non-hydrogen) atoms. The molecule has 0 bridgehead atoms. The van der Waals surface area contributed by atoms with E-state index in [-0.39, 0.29) is 12.3 Å². The molecule has 2 aromatic heterocycles. The Labute approximate surface area is 134 Å². The molecule has 0 atom stereocenters. The fourth-order valence-electron chi connectivity index (χ4n) is 2.22. The van der Waals surface area contributed by atoms with Crippen LogP contribution in [-0.2, 0) is 4.79 Å². The number of aromatic amines is 1. The summed E-state index contributed by atoms with van der Waals surface area (Å²) in [5.41, 5.74) is 0.997. The summed E-state index contributed by atoms with van der Waals surface area (Å²) in [5.74, 6) is -0.326. The first-order valence-electron chi connectivity index (χ1n) is 7.76. The first kappa shape index (κ1) is 16.8. The lowest BCUT2D eigenvalue weighted by Crippen LogP contribution is -2.24. The third-order valence-corrected chi connectivity index (χ3v) is 3.45. The molecular formula is C16H21N3O4. The van der Waals surface area contributed by atoms with Crippen molar-refractivity contribution in [2.75, 3.05) is 6.54 Å². The number of unbranched alkanes of at least 4 members (excludes halogenated alkanes) is 4. The maximum Gasteiger partial charge on any atom is 0.303 e. The summed E-state index contributed by atoms with van der Waals surface area (Å²) >= 11 is 0. The number of aromatic nitrogens is 2. The summed E-state index contributed by atoms with van der Waals surface area (Å²) in [6.07, 6.45) is 6.23. The predicted octanol–water partition coefficient (Wildman–Crippen LogP) is 2.82. The minimum absolute atomic E-state index is 0.218. The maximum atomic E-state index is 11.9. The number of rotatable bonds is 10. The number of carboxylic acid groups (broad SMARTS) is 1. The molecule has 0 saturated heterocycles. The number of carbonyl (C=O) groups excluding carboxylic acids is 1. The molecule has 0 saturated carbocycles. The molecule has 0 aliphatic rings. The Balaban J connectivity index is 1.61. The molecule has 7 heteroatoms. The van der Waals surface area contributed by atoms with Crippen LogP contribution in [0, 0.1) is 0 Å². The average Bonchev–Trinajstić information content (AvgIpc) is 3.19. The van der Waals surface area contributed by atoms with Crippen LogP contribution in [0.25, 0.3) is 11.5 Å². The van der Waals surface area contributed by atoms with Gasteiger partial charge >= 0.3 is 5.97 Å². The quantitative estimate of drug-likeness (QED) is 0.584. The third kappa shape index (κ3) is 5.61. The average molecular weight is 319 g/mol. The molecule has 0 fully saturated rings. The van der Waals surface area contributed by atoms with Gasteiger partial charge in [0.05, 0.1) is 6.26 Å². The van der Waals surface area contributed by atoms with E-state index in [0.29, 0.717) is 30.1 Å². The molecule has 0 unspecified atom stereocenters. The third-order valence-electron chi connectivity index (χ3n) is 3.45. The van der Waals surface area contributed by atoms with Crippen LogP contribution >= 0.6 is 0 Å². The van der Waals surface area contributed by atoms with E-state index < -0.39 is 5.97 Å². The Kier molecular flexibility index (Phi) is 6.40. The Morgan fingerprint density at radius 2 is 2.00 bits per heavy atom. The second-order valence-corrected chi connectivity index (χ2v) is 5.31. The molecule has 2 aromatic rings. The van der Waals surface area contributed by atoms with Crippen molar-refractivity contribution in [3.8, 4) is 11.5 Å². The van der Waals surface area contributed by atoms with Gasteiger partial charge < -0.3 is 14.8 Å². The Morgan fingerprint density at radius 3 is 2.74 bits per heavy atom. The summed E-state index contributed by atoms with van der Waals surface area (Å²) in [6.45, 7) is 0.584. The predicted molar refractivity (Wildman–Crippen MR) is 84.0 cm³/mol. The van der Waals surface area contributed by atoms with E-state index in [1.54, 1.807) is 24.5 Å². The lowest BCUT2D eigenvalue weighted by Gasteiger charge is -2.03. The van der Waals surface area contributed by atoms with Gasteiger partial charge in [0.1, 0.15) is 5.69 Å². The van der Waals surface area contributed by atoms with Gasteiger partial charge in [-0.2, -0.15) is 5.10 Å². The van der Waals surface area contributed by atoms with Crippen LogP contribution in [-0.4, -0.2) is 33.7 Å². The highest BCUT2D eigenvalue weighted by atomic mass is 16.4. The van der Waals surface area contributed by atoms with Crippen molar-refractivity contribution in [3.63, 3.8) is 0 Å². The van der Waals surface area contributed by atoms with E-state index in [9.17, 15) is 9.59 Å². The van der Waals surface area contributed by atoms with Crippen LogP contribution in [0.2, 0.25) is 0 Å². The number of amides is 1. The first-order chi connectivity index (χ1) is 11.2. The van der Waals surface area contributed by atoms with Gasteiger partial charge in [0, 0.05) is 19.0 Å². The van der Waals surface area contributed by atoms with Crippen LogP contribution in [0.1, 0.15) is 49.0 Å². The van der Waals surface area contributed by atoms with Crippen LogP contribution in [0.5, 0.6) is 0 Å². The summed E-state index contributed by atoms with van der Waals surface area (Å²) in [4.78, 5) is 22.3. The zero-order chi connectivity index (χ0) is 16.5. The molecular weight excluding hydrogens is 298 g/mol. The SMILES string of the molecule is O=C(O)CCCCCCCNC(=O)c1cc(-c2ccco2)[nH]n1. The molecule has 0 aliphatic carbocycles. The smallest absolute Gasteiger partial charge is 0.303 e.